The highest BCUT2D eigenvalue weighted by atomic mass is 35.5. The molecule has 1 saturated carbocycles. The molecule has 0 radical (unpaired) electrons. The number of hydrogen-bond donors (Lipinski definition) is 2. The van der Waals surface area contributed by atoms with Crippen molar-refractivity contribution in [3.63, 3.8) is 0 Å². The fourth-order valence-electron chi connectivity index (χ4n) is 2.43. The van der Waals surface area contributed by atoms with E-state index in [1.165, 1.54) is 18.4 Å². The topological polar surface area (TPSA) is 32.3 Å². The highest BCUT2D eigenvalue weighted by Gasteiger charge is 2.33. The monoisotopic (exact) mass is 281 g/mol. The maximum atomic E-state index is 9.09. The fourth-order valence-corrected chi connectivity index (χ4v) is 2.56. The van der Waals surface area contributed by atoms with Crippen LogP contribution in [0.15, 0.2) is 24.3 Å². The molecule has 1 aromatic rings. The molecule has 19 heavy (non-hydrogen) atoms. The summed E-state index contributed by atoms with van der Waals surface area (Å²) in [5.41, 5.74) is 1.46. The first-order valence-corrected chi connectivity index (χ1v) is 7.49. The number of halogens is 1. The smallest absolute Gasteiger partial charge is 0.0436 e. The first kappa shape index (κ1) is 14.8. The van der Waals surface area contributed by atoms with Crippen LogP contribution in [0.1, 0.15) is 44.7 Å². The Kier molecular flexibility index (Phi) is 4.88. The van der Waals surface area contributed by atoms with Gasteiger partial charge in [-0.25, -0.2) is 0 Å². The lowest BCUT2D eigenvalue weighted by atomic mass is 9.89. The van der Waals surface area contributed by atoms with Gasteiger partial charge in [-0.2, -0.15) is 0 Å². The van der Waals surface area contributed by atoms with Crippen molar-refractivity contribution in [1.82, 2.24) is 5.32 Å². The summed E-state index contributed by atoms with van der Waals surface area (Å²) in [6.07, 6.45) is 3.44. The molecule has 2 nitrogen and oxygen atoms in total. The highest BCUT2D eigenvalue weighted by molar-refractivity contribution is 6.30. The van der Waals surface area contributed by atoms with Crippen molar-refractivity contribution in [2.75, 3.05) is 13.2 Å². The fraction of sp³-hybridized carbons (Fsp3) is 0.625. The molecule has 1 unspecified atom stereocenters. The molecule has 0 amide bonds. The van der Waals surface area contributed by atoms with E-state index in [1.54, 1.807) is 0 Å². The Labute approximate surface area is 121 Å². The number of benzene rings is 1. The zero-order valence-corrected chi connectivity index (χ0v) is 12.6. The van der Waals surface area contributed by atoms with E-state index in [4.69, 9.17) is 16.7 Å². The predicted molar refractivity (Wildman–Crippen MR) is 80.4 cm³/mol. The molecule has 1 aromatic carbocycles. The molecule has 1 aliphatic carbocycles. The second-order valence-electron chi connectivity index (χ2n) is 6.39. The molecule has 1 aliphatic rings. The van der Waals surface area contributed by atoms with Crippen LogP contribution in [0.2, 0.25) is 5.02 Å². The molecule has 0 aromatic heterocycles. The first-order chi connectivity index (χ1) is 9.02. The van der Waals surface area contributed by atoms with Gasteiger partial charge in [0.2, 0.25) is 0 Å². The van der Waals surface area contributed by atoms with Gasteiger partial charge in [0, 0.05) is 24.2 Å². The van der Waals surface area contributed by atoms with Crippen LogP contribution >= 0.6 is 11.6 Å². The Morgan fingerprint density at radius 2 is 1.95 bits per heavy atom. The Bertz CT molecular complexity index is 398. The minimum atomic E-state index is 0.133. The van der Waals surface area contributed by atoms with Crippen LogP contribution in [0.4, 0.5) is 0 Å². The number of nitrogens with one attached hydrogen (secondary N) is 1. The van der Waals surface area contributed by atoms with Crippen LogP contribution in [0, 0.1) is 11.3 Å². The molecular weight excluding hydrogens is 258 g/mol. The average Bonchev–Trinajstić information content (AvgIpc) is 3.16. The van der Waals surface area contributed by atoms with Crippen molar-refractivity contribution in [3.8, 4) is 0 Å². The Morgan fingerprint density at radius 3 is 2.47 bits per heavy atom. The minimum Gasteiger partial charge on any atom is -0.396 e. The van der Waals surface area contributed by atoms with Crippen molar-refractivity contribution >= 4 is 11.6 Å². The first-order valence-electron chi connectivity index (χ1n) is 7.11. The molecule has 3 heteroatoms. The van der Waals surface area contributed by atoms with Crippen LogP contribution in [0.5, 0.6) is 0 Å². The van der Waals surface area contributed by atoms with E-state index in [1.807, 2.05) is 12.1 Å². The van der Waals surface area contributed by atoms with Gasteiger partial charge in [0.15, 0.2) is 0 Å². The maximum absolute atomic E-state index is 9.09. The van der Waals surface area contributed by atoms with Gasteiger partial charge in [-0.3, -0.25) is 0 Å². The van der Waals surface area contributed by atoms with Gasteiger partial charge >= 0.3 is 0 Å². The lowest BCUT2D eigenvalue weighted by Gasteiger charge is -2.28. The quantitative estimate of drug-likeness (QED) is 0.797. The van der Waals surface area contributed by atoms with Crippen molar-refractivity contribution in [3.05, 3.63) is 34.9 Å². The molecule has 106 valence electrons. The standard InChI is InChI=1S/C16H24ClNO/c1-16(2,9-10-19)11-18-15(12-3-4-12)13-5-7-14(17)8-6-13/h5-8,12,15,18-19H,3-4,9-11H2,1-2H3. The molecule has 0 heterocycles. The van der Waals surface area contributed by atoms with E-state index >= 15 is 0 Å². The van der Waals surface area contributed by atoms with Gasteiger partial charge in [-0.05, 0) is 48.3 Å². The van der Waals surface area contributed by atoms with Crippen molar-refractivity contribution in [2.24, 2.45) is 11.3 Å². The minimum absolute atomic E-state index is 0.133. The van der Waals surface area contributed by atoms with E-state index in [0.29, 0.717) is 6.04 Å². The van der Waals surface area contributed by atoms with Gasteiger partial charge in [0.1, 0.15) is 0 Å². The van der Waals surface area contributed by atoms with Gasteiger partial charge in [-0.15, -0.1) is 0 Å². The molecule has 1 atom stereocenters. The molecular formula is C16H24ClNO. The molecule has 0 saturated heterocycles. The molecule has 2 N–H and O–H groups in total. The van der Waals surface area contributed by atoms with Crippen molar-refractivity contribution in [2.45, 2.75) is 39.2 Å². The Balaban J connectivity index is 1.99. The third kappa shape index (κ3) is 4.48. The summed E-state index contributed by atoms with van der Waals surface area (Å²) in [4.78, 5) is 0. The van der Waals surface area contributed by atoms with Gasteiger partial charge in [0.25, 0.3) is 0 Å². The number of hydrogen-bond acceptors (Lipinski definition) is 2. The third-order valence-corrected chi connectivity index (χ3v) is 4.16. The molecule has 1 fully saturated rings. The second kappa shape index (κ2) is 6.25. The van der Waals surface area contributed by atoms with Gasteiger partial charge in [0.05, 0.1) is 0 Å². The Morgan fingerprint density at radius 1 is 1.32 bits per heavy atom. The summed E-state index contributed by atoms with van der Waals surface area (Å²) < 4.78 is 0. The summed E-state index contributed by atoms with van der Waals surface area (Å²) in [6.45, 7) is 5.57. The van der Waals surface area contributed by atoms with Crippen LogP contribution in [-0.4, -0.2) is 18.3 Å². The molecule has 0 spiro atoms. The lowest BCUT2D eigenvalue weighted by Crippen LogP contribution is -2.34. The van der Waals surface area contributed by atoms with Crippen molar-refractivity contribution < 1.29 is 5.11 Å². The molecule has 2 rings (SSSR count). The third-order valence-electron chi connectivity index (χ3n) is 3.91. The SMILES string of the molecule is CC(C)(CCO)CNC(c1ccc(Cl)cc1)C1CC1. The normalized spacial score (nSPS) is 17.5. The summed E-state index contributed by atoms with van der Waals surface area (Å²) in [7, 11) is 0. The molecule has 0 bridgehead atoms. The Hall–Kier alpha value is -0.570. The van der Waals surface area contributed by atoms with Crippen LogP contribution in [0.25, 0.3) is 0 Å². The van der Waals surface area contributed by atoms with E-state index in [2.05, 4.69) is 31.3 Å². The van der Waals surface area contributed by atoms with Gasteiger partial charge < -0.3 is 10.4 Å². The highest BCUT2D eigenvalue weighted by Crippen LogP contribution is 2.41. The van der Waals surface area contributed by atoms with Crippen LogP contribution in [-0.2, 0) is 0 Å². The zero-order valence-electron chi connectivity index (χ0n) is 11.8. The number of aliphatic hydroxyl groups is 1. The summed E-state index contributed by atoms with van der Waals surface area (Å²) in [5.74, 6) is 0.756. The molecule has 0 aliphatic heterocycles. The number of aliphatic hydroxyl groups excluding tert-OH is 1. The van der Waals surface area contributed by atoms with E-state index < -0.39 is 0 Å². The van der Waals surface area contributed by atoms with Crippen molar-refractivity contribution in [1.29, 1.82) is 0 Å². The predicted octanol–water partition coefficient (Wildman–Crippen LogP) is 3.79. The van der Waals surface area contributed by atoms with Crippen LogP contribution in [0.3, 0.4) is 0 Å². The number of rotatable bonds is 7. The van der Waals surface area contributed by atoms with E-state index in [9.17, 15) is 0 Å². The lowest BCUT2D eigenvalue weighted by molar-refractivity contribution is 0.201. The maximum Gasteiger partial charge on any atom is 0.0436 e. The second-order valence-corrected chi connectivity index (χ2v) is 6.82. The van der Waals surface area contributed by atoms with Gasteiger partial charge in [-0.1, -0.05) is 37.6 Å². The van der Waals surface area contributed by atoms with E-state index in [0.717, 1.165) is 23.9 Å². The summed E-state index contributed by atoms with van der Waals surface area (Å²) in [6, 6.07) is 8.60. The summed E-state index contributed by atoms with van der Waals surface area (Å²) in [5, 5.41) is 13.6. The van der Waals surface area contributed by atoms with E-state index in [-0.39, 0.29) is 12.0 Å². The van der Waals surface area contributed by atoms with Crippen LogP contribution < -0.4 is 5.32 Å². The zero-order chi connectivity index (χ0) is 13.9. The average molecular weight is 282 g/mol. The largest absolute Gasteiger partial charge is 0.396 e. The summed E-state index contributed by atoms with van der Waals surface area (Å²) >= 11 is 5.95.